The summed E-state index contributed by atoms with van der Waals surface area (Å²) >= 11 is 0. The maximum absolute atomic E-state index is 13.3. The molecule has 0 radical (unpaired) electrons. The maximum atomic E-state index is 13.3. The maximum Gasteiger partial charge on any atom is 0.270 e. The van der Waals surface area contributed by atoms with Crippen LogP contribution in [0.1, 0.15) is 48.3 Å². The molecule has 0 aromatic heterocycles. The molecule has 0 bridgehead atoms. The second kappa shape index (κ2) is 12.9. The van der Waals surface area contributed by atoms with Gasteiger partial charge in [-0.25, -0.2) is 0 Å². The minimum absolute atomic E-state index is 0.00245. The normalized spacial score (nSPS) is 11.3. The Morgan fingerprint density at radius 2 is 1.72 bits per heavy atom. The molecular formula is C27H30N6O6. The van der Waals surface area contributed by atoms with Gasteiger partial charge in [-0.2, -0.15) is 0 Å². The van der Waals surface area contributed by atoms with Crippen molar-refractivity contribution in [3.8, 4) is 11.5 Å². The number of nitro benzene ring substituents is 1. The quantitative estimate of drug-likeness (QED) is 0.107. The van der Waals surface area contributed by atoms with Crippen molar-refractivity contribution in [3.05, 3.63) is 93.5 Å². The first-order chi connectivity index (χ1) is 18.6. The Labute approximate surface area is 225 Å². The standard InChI is InChI=1S/C27H30N6O6/c1-4-38-23-15-18(10-13-22(23)39-16(2)3)24(30-20-11-8-17(9-12-20)25(28)29)27(35)32-31-26(34)19-6-5-7-21(14-19)33(36)37/h5-16,24,30H,4H2,1-3H3,(H3,28,29)(H,31,34)(H,32,35). The second-order valence-corrected chi connectivity index (χ2v) is 8.62. The van der Waals surface area contributed by atoms with Crippen LogP contribution < -0.4 is 31.4 Å². The van der Waals surface area contributed by atoms with Gasteiger partial charge >= 0.3 is 0 Å². The van der Waals surface area contributed by atoms with Crippen molar-refractivity contribution in [2.24, 2.45) is 5.73 Å². The zero-order valence-electron chi connectivity index (χ0n) is 21.7. The van der Waals surface area contributed by atoms with Crippen LogP contribution in [0.5, 0.6) is 11.5 Å². The number of carbonyl (C=O) groups is 2. The summed E-state index contributed by atoms with van der Waals surface area (Å²) in [5.74, 6) is -0.492. The zero-order valence-corrected chi connectivity index (χ0v) is 21.7. The molecule has 204 valence electrons. The average Bonchev–Trinajstić information content (AvgIpc) is 2.91. The van der Waals surface area contributed by atoms with Gasteiger partial charge in [0.25, 0.3) is 17.5 Å². The number of nitrogens with zero attached hydrogens (tertiary/aromatic N) is 1. The molecule has 12 nitrogen and oxygen atoms in total. The predicted molar refractivity (Wildman–Crippen MR) is 146 cm³/mol. The summed E-state index contributed by atoms with van der Waals surface area (Å²) in [6.45, 7) is 5.97. The van der Waals surface area contributed by atoms with Crippen LogP contribution in [0.2, 0.25) is 0 Å². The largest absolute Gasteiger partial charge is 0.490 e. The number of anilines is 1. The number of rotatable bonds is 11. The molecule has 0 spiro atoms. The van der Waals surface area contributed by atoms with Crippen LogP contribution in [0.15, 0.2) is 66.7 Å². The minimum atomic E-state index is -1.01. The number of ether oxygens (including phenoxy) is 2. The number of benzene rings is 3. The van der Waals surface area contributed by atoms with Gasteiger partial charge in [0.1, 0.15) is 11.9 Å². The first-order valence-corrected chi connectivity index (χ1v) is 12.1. The first kappa shape index (κ1) is 28.4. The number of amidine groups is 1. The third-order valence-electron chi connectivity index (χ3n) is 5.35. The van der Waals surface area contributed by atoms with E-state index in [0.717, 1.165) is 6.07 Å². The highest BCUT2D eigenvalue weighted by molar-refractivity contribution is 5.97. The molecular weight excluding hydrogens is 504 g/mol. The summed E-state index contributed by atoms with van der Waals surface area (Å²) in [6.07, 6.45) is -0.101. The lowest BCUT2D eigenvalue weighted by molar-refractivity contribution is -0.384. The fraction of sp³-hybridized carbons (Fsp3) is 0.222. The van der Waals surface area contributed by atoms with Crippen LogP contribution in [-0.2, 0) is 4.79 Å². The second-order valence-electron chi connectivity index (χ2n) is 8.62. The monoisotopic (exact) mass is 534 g/mol. The molecule has 39 heavy (non-hydrogen) atoms. The van der Waals surface area contributed by atoms with Gasteiger partial charge in [-0.05, 0) is 68.8 Å². The number of nitrogens with two attached hydrogens (primary N) is 1. The van der Waals surface area contributed by atoms with E-state index < -0.39 is 22.8 Å². The lowest BCUT2D eigenvalue weighted by Crippen LogP contribution is -2.45. The van der Waals surface area contributed by atoms with Crippen LogP contribution in [-0.4, -0.2) is 35.3 Å². The van der Waals surface area contributed by atoms with Crippen LogP contribution in [0.25, 0.3) is 0 Å². The fourth-order valence-electron chi connectivity index (χ4n) is 3.56. The van der Waals surface area contributed by atoms with Gasteiger partial charge in [-0.3, -0.25) is 36.0 Å². The van der Waals surface area contributed by atoms with Gasteiger partial charge in [0.2, 0.25) is 0 Å². The van der Waals surface area contributed by atoms with Crippen molar-refractivity contribution in [1.82, 2.24) is 10.9 Å². The SMILES string of the molecule is CCOc1cc(C(Nc2ccc(C(=N)N)cc2)C(=O)NNC(=O)c2cccc([N+](=O)[O-])c2)ccc1OC(C)C. The molecule has 0 saturated carbocycles. The Balaban J connectivity index is 1.89. The Hall–Kier alpha value is -5.13. The Kier molecular flexibility index (Phi) is 9.41. The van der Waals surface area contributed by atoms with Crippen LogP contribution in [0.3, 0.4) is 0 Å². The molecule has 0 aliphatic rings. The van der Waals surface area contributed by atoms with Crippen LogP contribution >= 0.6 is 0 Å². The number of nitro groups is 1. The van der Waals surface area contributed by atoms with Gasteiger partial charge in [-0.15, -0.1) is 0 Å². The molecule has 0 heterocycles. The summed E-state index contributed by atoms with van der Waals surface area (Å²) < 4.78 is 11.6. The van der Waals surface area contributed by atoms with E-state index in [4.69, 9.17) is 20.6 Å². The van der Waals surface area contributed by atoms with Crippen molar-refractivity contribution in [2.45, 2.75) is 32.9 Å². The topological polar surface area (TPSA) is 182 Å². The molecule has 2 amide bonds. The molecule has 3 rings (SSSR count). The third-order valence-corrected chi connectivity index (χ3v) is 5.35. The Morgan fingerprint density at radius 1 is 1.00 bits per heavy atom. The van der Waals surface area contributed by atoms with Gasteiger partial charge in [-0.1, -0.05) is 12.1 Å². The lowest BCUT2D eigenvalue weighted by Gasteiger charge is -2.22. The van der Waals surface area contributed by atoms with Gasteiger partial charge < -0.3 is 20.5 Å². The van der Waals surface area contributed by atoms with Crippen LogP contribution in [0, 0.1) is 15.5 Å². The zero-order chi connectivity index (χ0) is 28.5. The van der Waals surface area contributed by atoms with Crippen molar-refractivity contribution >= 4 is 29.0 Å². The van der Waals surface area contributed by atoms with Crippen molar-refractivity contribution < 1.29 is 24.0 Å². The number of amides is 2. The molecule has 3 aromatic carbocycles. The van der Waals surface area contributed by atoms with Gasteiger partial charge in [0.15, 0.2) is 11.5 Å². The molecule has 0 fully saturated rings. The smallest absolute Gasteiger partial charge is 0.270 e. The number of nitrogens with one attached hydrogen (secondary N) is 4. The van der Waals surface area contributed by atoms with E-state index in [1.165, 1.54) is 18.2 Å². The number of carbonyl (C=O) groups excluding carboxylic acids is 2. The predicted octanol–water partition coefficient (Wildman–Crippen LogP) is 3.68. The van der Waals surface area contributed by atoms with Gasteiger partial charge in [0, 0.05) is 28.9 Å². The summed E-state index contributed by atoms with van der Waals surface area (Å²) in [7, 11) is 0. The minimum Gasteiger partial charge on any atom is -0.490 e. The number of non-ortho nitro benzene ring substituents is 1. The van der Waals surface area contributed by atoms with E-state index in [1.807, 2.05) is 20.8 Å². The third kappa shape index (κ3) is 7.68. The van der Waals surface area contributed by atoms with Crippen LogP contribution in [0.4, 0.5) is 11.4 Å². The van der Waals surface area contributed by atoms with E-state index in [0.29, 0.717) is 34.9 Å². The highest BCUT2D eigenvalue weighted by Gasteiger charge is 2.24. The number of nitrogen functional groups attached to an aromatic ring is 1. The summed E-state index contributed by atoms with van der Waals surface area (Å²) in [5, 5.41) is 21.7. The van der Waals surface area contributed by atoms with Crippen molar-refractivity contribution in [1.29, 1.82) is 5.41 Å². The van der Waals surface area contributed by atoms with Gasteiger partial charge in [0.05, 0.1) is 17.6 Å². The van der Waals surface area contributed by atoms with E-state index in [-0.39, 0.29) is 23.2 Å². The molecule has 1 unspecified atom stereocenters. The van der Waals surface area contributed by atoms with E-state index in [9.17, 15) is 19.7 Å². The summed E-state index contributed by atoms with van der Waals surface area (Å²) in [6, 6.07) is 15.8. The lowest BCUT2D eigenvalue weighted by atomic mass is 10.0. The highest BCUT2D eigenvalue weighted by Crippen LogP contribution is 2.33. The highest BCUT2D eigenvalue weighted by atomic mass is 16.6. The fourth-order valence-corrected chi connectivity index (χ4v) is 3.56. The number of hydrogen-bond donors (Lipinski definition) is 5. The van der Waals surface area contributed by atoms with E-state index >= 15 is 0 Å². The number of hydrazine groups is 1. The Morgan fingerprint density at radius 3 is 2.33 bits per heavy atom. The summed E-state index contributed by atoms with van der Waals surface area (Å²) in [5.41, 5.74) is 11.5. The molecule has 0 saturated heterocycles. The molecule has 0 aliphatic heterocycles. The average molecular weight is 535 g/mol. The first-order valence-electron chi connectivity index (χ1n) is 12.1. The summed E-state index contributed by atoms with van der Waals surface area (Å²) in [4.78, 5) is 36.4. The van der Waals surface area contributed by atoms with E-state index in [1.54, 1.807) is 42.5 Å². The molecule has 3 aromatic rings. The molecule has 0 aliphatic carbocycles. The Bertz CT molecular complexity index is 1360. The van der Waals surface area contributed by atoms with E-state index in [2.05, 4.69) is 16.2 Å². The van der Waals surface area contributed by atoms with Crippen molar-refractivity contribution in [3.63, 3.8) is 0 Å². The van der Waals surface area contributed by atoms with Crippen molar-refractivity contribution in [2.75, 3.05) is 11.9 Å². The number of hydrogen-bond acceptors (Lipinski definition) is 8. The molecule has 1 atom stereocenters. The molecule has 12 heteroatoms. The molecule has 6 N–H and O–H groups in total.